The molecule has 3 heterocycles. The van der Waals surface area contributed by atoms with Gasteiger partial charge in [0.05, 0.1) is 12.7 Å². The van der Waals surface area contributed by atoms with Gasteiger partial charge in [0.1, 0.15) is 5.82 Å². The lowest BCUT2D eigenvalue weighted by Gasteiger charge is -2.27. The van der Waals surface area contributed by atoms with Crippen molar-refractivity contribution in [3.8, 4) is 0 Å². The molecule has 0 bridgehead atoms. The van der Waals surface area contributed by atoms with E-state index in [0.717, 1.165) is 37.2 Å². The molecule has 4 rings (SSSR count). The van der Waals surface area contributed by atoms with E-state index in [-0.39, 0.29) is 5.82 Å². The summed E-state index contributed by atoms with van der Waals surface area (Å²) in [7, 11) is 0. The number of hydrogen-bond donors (Lipinski definition) is 0. The number of halogens is 1. The van der Waals surface area contributed by atoms with E-state index in [9.17, 15) is 4.39 Å². The van der Waals surface area contributed by atoms with Crippen LogP contribution in [-0.2, 0) is 17.8 Å². The number of hydrogen-bond acceptors (Lipinski definition) is 3. The topological polar surface area (TPSA) is 30.3 Å². The summed E-state index contributed by atoms with van der Waals surface area (Å²) in [6.45, 7) is 5.93. The lowest BCUT2D eigenvalue weighted by atomic mass is 9.85. The molecule has 0 saturated carbocycles. The van der Waals surface area contributed by atoms with Crippen LogP contribution in [0.5, 0.6) is 0 Å². The second-order valence-electron chi connectivity index (χ2n) is 7.41. The average Bonchev–Trinajstić information content (AvgIpc) is 3.28. The van der Waals surface area contributed by atoms with Crippen molar-refractivity contribution >= 4 is 0 Å². The van der Waals surface area contributed by atoms with Gasteiger partial charge in [0.25, 0.3) is 0 Å². The maximum atomic E-state index is 13.0. The maximum absolute atomic E-state index is 13.0. The van der Waals surface area contributed by atoms with Gasteiger partial charge in [-0.2, -0.15) is 5.10 Å². The van der Waals surface area contributed by atoms with E-state index in [1.807, 2.05) is 23.0 Å². The van der Waals surface area contributed by atoms with Gasteiger partial charge in [0, 0.05) is 38.1 Å². The first-order chi connectivity index (χ1) is 12.3. The molecule has 134 valence electrons. The quantitative estimate of drug-likeness (QED) is 0.834. The highest BCUT2D eigenvalue weighted by atomic mass is 19.1. The zero-order valence-electron chi connectivity index (χ0n) is 14.6. The fourth-order valence-corrected chi connectivity index (χ4v) is 4.19. The number of benzene rings is 1. The Morgan fingerprint density at radius 1 is 1.00 bits per heavy atom. The third kappa shape index (κ3) is 4.28. The van der Waals surface area contributed by atoms with E-state index in [1.54, 1.807) is 0 Å². The van der Waals surface area contributed by atoms with Gasteiger partial charge in [0.2, 0.25) is 0 Å². The second kappa shape index (κ2) is 7.67. The van der Waals surface area contributed by atoms with Crippen LogP contribution in [0.3, 0.4) is 0 Å². The summed E-state index contributed by atoms with van der Waals surface area (Å²) < 4.78 is 20.4. The first kappa shape index (κ1) is 16.7. The van der Waals surface area contributed by atoms with Crippen molar-refractivity contribution in [3.05, 3.63) is 53.6 Å². The number of ether oxygens (including phenoxy) is 1. The standard InChI is InChI=1S/C20H26FN3O/c21-20-3-1-16(2-4-20)13-24-14-17(11-22-24)12-23-8-5-19(15-23)18-6-9-25-10-7-18/h1-4,11,14,18-19H,5-10,12-13,15H2. The molecular formula is C20H26FN3O. The van der Waals surface area contributed by atoms with Crippen LogP contribution in [0.2, 0.25) is 0 Å². The molecule has 1 atom stereocenters. The van der Waals surface area contributed by atoms with Crippen LogP contribution < -0.4 is 0 Å². The van der Waals surface area contributed by atoms with Gasteiger partial charge in [-0.05, 0) is 55.3 Å². The van der Waals surface area contributed by atoms with Crippen LogP contribution in [0.25, 0.3) is 0 Å². The highest BCUT2D eigenvalue weighted by molar-refractivity contribution is 5.17. The van der Waals surface area contributed by atoms with E-state index in [1.165, 1.54) is 50.0 Å². The first-order valence-electron chi connectivity index (χ1n) is 9.32. The van der Waals surface area contributed by atoms with E-state index >= 15 is 0 Å². The molecule has 0 radical (unpaired) electrons. The van der Waals surface area contributed by atoms with Crippen molar-refractivity contribution < 1.29 is 9.13 Å². The minimum absolute atomic E-state index is 0.196. The fourth-order valence-electron chi connectivity index (χ4n) is 4.19. The lowest BCUT2D eigenvalue weighted by Crippen LogP contribution is -2.26. The molecule has 1 aromatic carbocycles. The zero-order chi connectivity index (χ0) is 17.1. The molecule has 0 amide bonds. The normalized spacial score (nSPS) is 22.5. The molecule has 2 saturated heterocycles. The van der Waals surface area contributed by atoms with Gasteiger partial charge >= 0.3 is 0 Å². The van der Waals surface area contributed by atoms with Crippen molar-refractivity contribution in [3.63, 3.8) is 0 Å². The molecule has 1 unspecified atom stereocenters. The molecule has 0 aliphatic carbocycles. The smallest absolute Gasteiger partial charge is 0.123 e. The molecule has 2 aromatic rings. The Bertz CT molecular complexity index is 679. The van der Waals surface area contributed by atoms with E-state index in [4.69, 9.17) is 4.74 Å². The van der Waals surface area contributed by atoms with Crippen molar-refractivity contribution in [2.24, 2.45) is 11.8 Å². The van der Waals surface area contributed by atoms with Crippen molar-refractivity contribution in [2.75, 3.05) is 26.3 Å². The summed E-state index contributed by atoms with van der Waals surface area (Å²) in [5.74, 6) is 1.48. The van der Waals surface area contributed by atoms with Crippen molar-refractivity contribution in [2.45, 2.75) is 32.4 Å². The third-order valence-corrected chi connectivity index (χ3v) is 5.59. The Morgan fingerprint density at radius 2 is 1.80 bits per heavy atom. The van der Waals surface area contributed by atoms with Crippen molar-refractivity contribution in [1.82, 2.24) is 14.7 Å². The maximum Gasteiger partial charge on any atom is 0.123 e. The van der Waals surface area contributed by atoms with Crippen LogP contribution in [-0.4, -0.2) is 41.0 Å². The number of nitrogens with zero attached hydrogens (tertiary/aromatic N) is 3. The minimum Gasteiger partial charge on any atom is -0.381 e. The van der Waals surface area contributed by atoms with Gasteiger partial charge in [-0.15, -0.1) is 0 Å². The predicted octanol–water partition coefficient (Wildman–Crippen LogP) is 3.32. The summed E-state index contributed by atoms with van der Waals surface area (Å²) in [5.41, 5.74) is 2.33. The monoisotopic (exact) mass is 343 g/mol. The van der Waals surface area contributed by atoms with Gasteiger partial charge in [-0.1, -0.05) is 12.1 Å². The number of likely N-dealkylation sites (tertiary alicyclic amines) is 1. The van der Waals surface area contributed by atoms with Crippen LogP contribution in [0, 0.1) is 17.7 Å². The summed E-state index contributed by atoms with van der Waals surface area (Å²) in [5, 5.41) is 4.46. The molecule has 2 aliphatic rings. The van der Waals surface area contributed by atoms with Crippen LogP contribution >= 0.6 is 0 Å². The molecule has 25 heavy (non-hydrogen) atoms. The van der Waals surface area contributed by atoms with Crippen LogP contribution in [0.1, 0.15) is 30.4 Å². The molecule has 0 spiro atoms. The molecule has 5 heteroatoms. The second-order valence-corrected chi connectivity index (χ2v) is 7.41. The molecular weight excluding hydrogens is 317 g/mol. The Kier molecular flexibility index (Phi) is 5.13. The predicted molar refractivity (Wildman–Crippen MR) is 94.7 cm³/mol. The zero-order valence-corrected chi connectivity index (χ0v) is 14.6. The molecule has 1 aromatic heterocycles. The van der Waals surface area contributed by atoms with Crippen LogP contribution in [0.15, 0.2) is 36.7 Å². The van der Waals surface area contributed by atoms with Gasteiger partial charge < -0.3 is 4.74 Å². The average molecular weight is 343 g/mol. The first-order valence-corrected chi connectivity index (χ1v) is 9.32. The highest BCUT2D eigenvalue weighted by Gasteiger charge is 2.30. The summed E-state index contributed by atoms with van der Waals surface area (Å²) in [4.78, 5) is 2.55. The Balaban J connectivity index is 1.30. The van der Waals surface area contributed by atoms with E-state index in [0.29, 0.717) is 6.54 Å². The minimum atomic E-state index is -0.196. The molecule has 2 fully saturated rings. The number of aromatic nitrogens is 2. The van der Waals surface area contributed by atoms with Gasteiger partial charge in [-0.25, -0.2) is 4.39 Å². The Morgan fingerprint density at radius 3 is 2.60 bits per heavy atom. The Hall–Kier alpha value is -1.72. The van der Waals surface area contributed by atoms with E-state index in [2.05, 4.69) is 16.2 Å². The van der Waals surface area contributed by atoms with Crippen LogP contribution in [0.4, 0.5) is 4.39 Å². The third-order valence-electron chi connectivity index (χ3n) is 5.59. The summed E-state index contributed by atoms with van der Waals surface area (Å²) in [6.07, 6.45) is 7.85. The summed E-state index contributed by atoms with van der Waals surface area (Å²) in [6, 6.07) is 6.63. The molecule has 0 N–H and O–H groups in total. The summed E-state index contributed by atoms with van der Waals surface area (Å²) >= 11 is 0. The van der Waals surface area contributed by atoms with E-state index < -0.39 is 0 Å². The highest BCUT2D eigenvalue weighted by Crippen LogP contribution is 2.31. The number of rotatable bonds is 5. The fraction of sp³-hybridized carbons (Fsp3) is 0.550. The SMILES string of the molecule is Fc1ccc(Cn2cc(CN3CCC(C4CCOCC4)C3)cn2)cc1. The molecule has 2 aliphatic heterocycles. The lowest BCUT2D eigenvalue weighted by molar-refractivity contribution is 0.0477. The largest absolute Gasteiger partial charge is 0.381 e. The van der Waals surface area contributed by atoms with Gasteiger partial charge in [0.15, 0.2) is 0 Å². The van der Waals surface area contributed by atoms with Crippen molar-refractivity contribution in [1.29, 1.82) is 0 Å². The van der Waals surface area contributed by atoms with Gasteiger partial charge in [-0.3, -0.25) is 9.58 Å². The Labute approximate surface area is 148 Å². The molecule has 4 nitrogen and oxygen atoms in total.